The van der Waals surface area contributed by atoms with Crippen LogP contribution in [0.4, 0.5) is 15.2 Å². The van der Waals surface area contributed by atoms with E-state index in [0.717, 1.165) is 22.4 Å². The summed E-state index contributed by atoms with van der Waals surface area (Å²) in [6, 6.07) is 25.4. The van der Waals surface area contributed by atoms with Crippen molar-refractivity contribution < 1.29 is 23.1 Å². The van der Waals surface area contributed by atoms with Gasteiger partial charge in [-0.2, -0.15) is 0 Å². The van der Waals surface area contributed by atoms with Crippen molar-refractivity contribution in [2.45, 2.75) is 12.1 Å². The molecule has 0 saturated heterocycles. The van der Waals surface area contributed by atoms with Crippen molar-refractivity contribution in [2.24, 2.45) is 0 Å². The Morgan fingerprint density at radius 2 is 1.74 bits per heavy atom. The number of amides is 2. The number of hydrogen-bond acceptors (Lipinski definition) is 7. The van der Waals surface area contributed by atoms with E-state index in [1.54, 1.807) is 54.5 Å². The molecule has 0 saturated carbocycles. The summed E-state index contributed by atoms with van der Waals surface area (Å²) in [4.78, 5) is 51.3. The first-order chi connectivity index (χ1) is 20.9. The van der Waals surface area contributed by atoms with E-state index >= 15 is 0 Å². The van der Waals surface area contributed by atoms with E-state index in [2.05, 4.69) is 0 Å². The molecule has 0 bridgehead atoms. The molecule has 4 heterocycles. The van der Waals surface area contributed by atoms with Gasteiger partial charge in [0.1, 0.15) is 17.1 Å². The third-order valence-electron chi connectivity index (χ3n) is 8.05. The third kappa shape index (κ3) is 3.41. The summed E-state index contributed by atoms with van der Waals surface area (Å²) in [6.07, 6.45) is 0. The second kappa shape index (κ2) is 9.07. The lowest BCUT2D eigenvalue weighted by Gasteiger charge is -2.32. The highest BCUT2D eigenvalue weighted by Crippen LogP contribution is 2.55. The molecule has 0 N–H and O–H groups in total. The van der Waals surface area contributed by atoms with Gasteiger partial charge >= 0.3 is 0 Å². The van der Waals surface area contributed by atoms with Gasteiger partial charge in [0, 0.05) is 5.56 Å². The number of benzene rings is 4. The zero-order chi connectivity index (χ0) is 29.5. The predicted molar refractivity (Wildman–Crippen MR) is 160 cm³/mol. The monoisotopic (exact) mass is 589 g/mol. The molecule has 4 aromatic carbocycles. The number of aromatic nitrogens is 1. The van der Waals surface area contributed by atoms with Crippen molar-refractivity contribution in [2.75, 3.05) is 16.9 Å². The molecule has 0 aliphatic carbocycles. The molecule has 1 spiro atoms. The van der Waals surface area contributed by atoms with Gasteiger partial charge in [-0.3, -0.25) is 19.3 Å². The van der Waals surface area contributed by atoms with Crippen LogP contribution in [0.2, 0.25) is 0 Å². The Bertz CT molecular complexity index is 2210. The Balaban J connectivity index is 1.45. The number of halogens is 1. The quantitative estimate of drug-likeness (QED) is 0.250. The molecule has 43 heavy (non-hydrogen) atoms. The molecule has 8 nitrogen and oxygen atoms in total. The molecule has 2 amide bonds. The number of carbonyl (C=O) groups is 2. The van der Waals surface area contributed by atoms with Crippen LogP contribution in [0, 0.1) is 5.82 Å². The van der Waals surface area contributed by atoms with Crippen molar-refractivity contribution in [1.82, 2.24) is 4.98 Å². The van der Waals surface area contributed by atoms with Crippen LogP contribution < -0.4 is 20.0 Å². The summed E-state index contributed by atoms with van der Waals surface area (Å²) < 4.78 is 26.5. The first-order valence-corrected chi connectivity index (χ1v) is 14.2. The van der Waals surface area contributed by atoms with Crippen LogP contribution in [0.15, 0.2) is 100 Å². The number of ether oxygens (including phenoxy) is 1. The lowest BCUT2D eigenvalue weighted by Crippen LogP contribution is -2.53. The molecule has 2 aromatic heterocycles. The first kappa shape index (κ1) is 25.4. The van der Waals surface area contributed by atoms with E-state index in [-0.39, 0.29) is 34.0 Å². The molecule has 0 radical (unpaired) electrons. The average Bonchev–Trinajstić information content (AvgIpc) is 3.63. The second-order valence-corrected chi connectivity index (χ2v) is 11.4. The summed E-state index contributed by atoms with van der Waals surface area (Å²) in [7, 11) is 1.55. The van der Waals surface area contributed by atoms with Gasteiger partial charge in [-0.1, -0.05) is 59.9 Å². The summed E-state index contributed by atoms with van der Waals surface area (Å²) in [5.74, 6) is -1.50. The first-order valence-electron chi connectivity index (χ1n) is 13.4. The number of rotatable bonds is 4. The third-order valence-corrected chi connectivity index (χ3v) is 9.05. The van der Waals surface area contributed by atoms with Crippen LogP contribution >= 0.6 is 11.3 Å². The highest BCUT2D eigenvalue weighted by Gasteiger charge is 2.66. The van der Waals surface area contributed by atoms with Gasteiger partial charge in [-0.15, -0.1) is 0 Å². The van der Waals surface area contributed by atoms with Crippen LogP contribution in [-0.2, 0) is 16.9 Å². The fourth-order valence-electron chi connectivity index (χ4n) is 6.17. The maximum atomic E-state index is 15.0. The normalized spacial score (nSPS) is 17.3. The van der Waals surface area contributed by atoms with E-state index < -0.39 is 28.6 Å². The molecule has 1 unspecified atom stereocenters. The molecule has 10 heteroatoms. The van der Waals surface area contributed by atoms with Crippen molar-refractivity contribution in [1.29, 1.82) is 0 Å². The Kier molecular flexibility index (Phi) is 5.35. The number of hydrogen-bond donors (Lipinski definition) is 0. The van der Waals surface area contributed by atoms with Crippen molar-refractivity contribution in [3.63, 3.8) is 0 Å². The van der Waals surface area contributed by atoms with Crippen LogP contribution in [0.25, 0.3) is 21.2 Å². The topological polar surface area (TPSA) is 93.0 Å². The van der Waals surface area contributed by atoms with Crippen molar-refractivity contribution in [3.8, 4) is 5.75 Å². The second-order valence-electron chi connectivity index (χ2n) is 10.4. The van der Waals surface area contributed by atoms with E-state index in [1.165, 1.54) is 22.3 Å². The van der Waals surface area contributed by atoms with Crippen LogP contribution in [0.1, 0.15) is 27.2 Å². The standard InChI is InChI=1S/C33H20FN3O5S/c1-41-20-12-13-23-26(16-20)43-32(35-23)37-30(39)29-27(28(38)21-15-19(34)11-14-25(21)42-29)33(37)22-9-5-6-10-24(22)36(31(33)40)17-18-7-3-2-4-8-18/h2-16H,17H2,1H3. The molecule has 0 fully saturated rings. The van der Waals surface area contributed by atoms with Gasteiger partial charge in [0.2, 0.25) is 5.76 Å². The van der Waals surface area contributed by atoms with E-state index in [0.29, 0.717) is 22.5 Å². The minimum atomic E-state index is -1.93. The summed E-state index contributed by atoms with van der Waals surface area (Å²) in [5.41, 5.74) is -0.267. The maximum Gasteiger partial charge on any atom is 0.297 e. The smallest absolute Gasteiger partial charge is 0.297 e. The van der Waals surface area contributed by atoms with Gasteiger partial charge in [-0.25, -0.2) is 9.37 Å². The van der Waals surface area contributed by atoms with E-state index in [4.69, 9.17) is 14.1 Å². The van der Waals surface area contributed by atoms with Crippen molar-refractivity contribution in [3.05, 3.63) is 129 Å². The van der Waals surface area contributed by atoms with Gasteiger partial charge in [0.25, 0.3) is 11.8 Å². The Labute approximate surface area is 247 Å². The number of anilines is 2. The summed E-state index contributed by atoms with van der Waals surface area (Å²) in [5, 5.41) is 0.146. The number of fused-ring (bicyclic) bond motifs is 6. The summed E-state index contributed by atoms with van der Waals surface area (Å²) in [6.45, 7) is 0.195. The van der Waals surface area contributed by atoms with Crippen LogP contribution in [0.3, 0.4) is 0 Å². The molecule has 1 atom stereocenters. The minimum Gasteiger partial charge on any atom is -0.497 e. The fourth-order valence-corrected chi connectivity index (χ4v) is 7.22. The zero-order valence-corrected chi connectivity index (χ0v) is 23.4. The Morgan fingerprint density at radius 3 is 2.56 bits per heavy atom. The molecular weight excluding hydrogens is 569 g/mol. The van der Waals surface area contributed by atoms with Gasteiger partial charge < -0.3 is 14.1 Å². The molecule has 6 aromatic rings. The number of para-hydroxylation sites is 1. The highest BCUT2D eigenvalue weighted by atomic mass is 32.1. The number of nitrogens with zero attached hydrogens (tertiary/aromatic N) is 3. The zero-order valence-electron chi connectivity index (χ0n) is 22.5. The van der Waals surface area contributed by atoms with E-state index in [9.17, 15) is 18.8 Å². The van der Waals surface area contributed by atoms with Crippen LogP contribution in [-0.4, -0.2) is 23.9 Å². The molecule has 8 rings (SSSR count). The van der Waals surface area contributed by atoms with E-state index in [1.807, 2.05) is 30.3 Å². The van der Waals surface area contributed by atoms with Gasteiger partial charge in [0.05, 0.1) is 40.5 Å². The summed E-state index contributed by atoms with van der Waals surface area (Å²) >= 11 is 1.19. The number of methoxy groups -OCH3 is 1. The molecule has 2 aliphatic rings. The SMILES string of the molecule is COc1ccc2nc(N3C(=O)c4oc5ccc(F)cc5c(=O)c4C34C(=O)N(Cc3ccccc3)c3ccccc34)sc2c1. The lowest BCUT2D eigenvalue weighted by molar-refractivity contribution is -0.121. The highest BCUT2D eigenvalue weighted by molar-refractivity contribution is 7.22. The predicted octanol–water partition coefficient (Wildman–Crippen LogP) is 6.00. The molecule has 2 aliphatic heterocycles. The Hall–Kier alpha value is -5.35. The molecular formula is C33H20FN3O5S. The van der Waals surface area contributed by atoms with Crippen molar-refractivity contribution >= 4 is 55.2 Å². The Morgan fingerprint density at radius 1 is 0.953 bits per heavy atom. The number of thiazole rings is 1. The fraction of sp³-hybridized carbons (Fsp3) is 0.0909. The minimum absolute atomic E-state index is 0.0457. The van der Waals surface area contributed by atoms with Gasteiger partial charge in [-0.05, 0) is 48.0 Å². The van der Waals surface area contributed by atoms with Crippen LogP contribution in [0.5, 0.6) is 5.75 Å². The number of carbonyl (C=O) groups excluding carboxylic acids is 2. The average molecular weight is 590 g/mol. The lowest BCUT2D eigenvalue weighted by atomic mass is 9.84. The van der Waals surface area contributed by atoms with Gasteiger partial charge in [0.15, 0.2) is 16.1 Å². The maximum absolute atomic E-state index is 15.0. The molecule has 210 valence electrons. The largest absolute Gasteiger partial charge is 0.497 e.